The molecule has 1 atom stereocenters. The lowest BCUT2D eigenvalue weighted by Crippen LogP contribution is -2.50. The van der Waals surface area contributed by atoms with Gasteiger partial charge in [0, 0.05) is 18.8 Å². The Balaban J connectivity index is 2.26. The number of aliphatic carboxylic acids is 1. The molecule has 1 rings (SSSR count). The second kappa shape index (κ2) is 10.8. The Kier molecular flexibility index (Phi) is 9.07. The van der Waals surface area contributed by atoms with Crippen molar-refractivity contribution >= 4 is 18.1 Å². The van der Waals surface area contributed by atoms with Gasteiger partial charge in [-0.1, -0.05) is 12.5 Å². The van der Waals surface area contributed by atoms with Gasteiger partial charge in [0.15, 0.2) is 0 Å². The summed E-state index contributed by atoms with van der Waals surface area (Å²) >= 11 is 0. The summed E-state index contributed by atoms with van der Waals surface area (Å²) in [6, 6.07) is -0.611. The van der Waals surface area contributed by atoms with Crippen molar-refractivity contribution in [3.05, 3.63) is 11.8 Å². The van der Waals surface area contributed by atoms with Crippen LogP contribution < -0.4 is 21.5 Å². The topological polar surface area (TPSA) is 129 Å². The minimum Gasteiger partial charge on any atom is -0.481 e. The lowest BCUT2D eigenvalue weighted by Gasteiger charge is -2.23. The molecule has 0 saturated heterocycles. The fraction of sp³-hybridized carbons (Fsp3) is 0.722. The third-order valence-electron chi connectivity index (χ3n) is 4.15. The highest BCUT2D eigenvalue weighted by atomic mass is 16.6. The number of carboxylic acids is 1. The molecule has 0 bridgehead atoms. The monoisotopic (exact) mass is 384 g/mol. The van der Waals surface area contributed by atoms with Crippen LogP contribution in [0, 0.1) is 5.92 Å². The Morgan fingerprint density at radius 3 is 2.41 bits per heavy atom. The Morgan fingerprint density at radius 2 is 1.89 bits per heavy atom. The van der Waals surface area contributed by atoms with Crippen molar-refractivity contribution in [2.75, 3.05) is 6.54 Å². The summed E-state index contributed by atoms with van der Waals surface area (Å²) < 4.78 is 5.20. The molecule has 0 heterocycles. The Bertz CT molecular complexity index is 546. The third-order valence-corrected chi connectivity index (χ3v) is 4.15. The highest BCUT2D eigenvalue weighted by Gasteiger charge is 2.22. The van der Waals surface area contributed by atoms with E-state index < -0.39 is 23.7 Å². The van der Waals surface area contributed by atoms with Gasteiger partial charge in [-0.15, -0.1) is 0 Å². The summed E-state index contributed by atoms with van der Waals surface area (Å²) in [6.45, 7) is 7.64. The molecule has 9 heteroatoms. The number of rotatable bonds is 7. The lowest BCUT2D eigenvalue weighted by atomic mass is 9.86. The summed E-state index contributed by atoms with van der Waals surface area (Å²) in [5.74, 6) is -1.05. The summed E-state index contributed by atoms with van der Waals surface area (Å²) in [6.07, 6.45) is 4.33. The number of alkyl carbamates (subject to hydrolysis) is 1. The molecule has 0 radical (unpaired) electrons. The molecular formula is C18H32N4O5. The minimum atomic E-state index is -0.755. The van der Waals surface area contributed by atoms with E-state index >= 15 is 0 Å². The van der Waals surface area contributed by atoms with Crippen LogP contribution in [0.3, 0.4) is 0 Å². The molecule has 0 aromatic rings. The van der Waals surface area contributed by atoms with Gasteiger partial charge in [0.1, 0.15) is 5.60 Å². The molecule has 1 fully saturated rings. The molecule has 0 aromatic carbocycles. The van der Waals surface area contributed by atoms with E-state index in [0.29, 0.717) is 38.6 Å². The van der Waals surface area contributed by atoms with Crippen molar-refractivity contribution in [3.8, 4) is 0 Å². The highest BCUT2D eigenvalue weighted by molar-refractivity contribution is 5.74. The summed E-state index contributed by atoms with van der Waals surface area (Å²) in [5, 5.41) is 14.3. The Morgan fingerprint density at radius 1 is 1.26 bits per heavy atom. The van der Waals surface area contributed by atoms with Gasteiger partial charge >= 0.3 is 18.1 Å². The van der Waals surface area contributed by atoms with Crippen molar-refractivity contribution in [2.45, 2.75) is 71.4 Å². The van der Waals surface area contributed by atoms with E-state index in [0.717, 1.165) is 5.57 Å². The predicted molar refractivity (Wildman–Crippen MR) is 101 cm³/mol. The number of hydrogen-bond donors (Lipinski definition) is 5. The van der Waals surface area contributed by atoms with Crippen LogP contribution in [0.25, 0.3) is 0 Å². The van der Waals surface area contributed by atoms with Crippen molar-refractivity contribution in [3.63, 3.8) is 0 Å². The van der Waals surface area contributed by atoms with E-state index in [1.807, 2.05) is 6.92 Å². The quantitative estimate of drug-likeness (QED) is 0.428. The maximum atomic E-state index is 11.8. The van der Waals surface area contributed by atoms with Crippen LogP contribution in [-0.2, 0) is 9.53 Å². The molecule has 1 saturated carbocycles. The van der Waals surface area contributed by atoms with E-state index in [-0.39, 0.29) is 12.0 Å². The van der Waals surface area contributed by atoms with Gasteiger partial charge in [-0.05, 0) is 52.9 Å². The minimum absolute atomic E-state index is 0.190. The maximum Gasteiger partial charge on any atom is 0.407 e. The van der Waals surface area contributed by atoms with Crippen LogP contribution in [0.1, 0.15) is 59.8 Å². The molecule has 0 unspecified atom stereocenters. The van der Waals surface area contributed by atoms with Crippen molar-refractivity contribution in [1.82, 2.24) is 21.5 Å². The largest absolute Gasteiger partial charge is 0.481 e. The SMILES string of the molecule is CC[C@@H](CNNC(=O)NC=C1CCC(C(=O)O)CC1)NC(=O)OC(C)(C)C. The number of urea groups is 1. The summed E-state index contributed by atoms with van der Waals surface area (Å²) in [4.78, 5) is 34.5. The van der Waals surface area contributed by atoms with E-state index in [9.17, 15) is 14.4 Å². The summed E-state index contributed by atoms with van der Waals surface area (Å²) in [7, 11) is 0. The molecule has 3 amide bonds. The average Bonchev–Trinajstić information content (AvgIpc) is 2.57. The number of carboxylic acid groups (broad SMARTS) is 1. The zero-order valence-electron chi connectivity index (χ0n) is 16.6. The van der Waals surface area contributed by atoms with Crippen LogP contribution in [0.4, 0.5) is 9.59 Å². The maximum absolute atomic E-state index is 11.8. The van der Waals surface area contributed by atoms with Crippen LogP contribution >= 0.6 is 0 Å². The number of amides is 3. The molecule has 27 heavy (non-hydrogen) atoms. The fourth-order valence-corrected chi connectivity index (χ4v) is 2.61. The van der Waals surface area contributed by atoms with Crippen molar-refractivity contribution in [2.24, 2.45) is 5.92 Å². The molecule has 9 nitrogen and oxygen atoms in total. The van der Waals surface area contributed by atoms with Crippen molar-refractivity contribution in [1.29, 1.82) is 0 Å². The fourth-order valence-electron chi connectivity index (χ4n) is 2.61. The van der Waals surface area contributed by atoms with Gasteiger partial charge < -0.3 is 20.5 Å². The lowest BCUT2D eigenvalue weighted by molar-refractivity contribution is -0.142. The molecule has 0 spiro atoms. The summed E-state index contributed by atoms with van der Waals surface area (Å²) in [5.41, 5.74) is 5.74. The van der Waals surface area contributed by atoms with Crippen LogP contribution in [0.2, 0.25) is 0 Å². The molecule has 5 N–H and O–H groups in total. The molecule has 1 aliphatic rings. The Labute approximate surface area is 160 Å². The third kappa shape index (κ3) is 9.83. The first-order valence-electron chi connectivity index (χ1n) is 9.30. The van der Waals surface area contributed by atoms with Gasteiger partial charge in [0.05, 0.1) is 5.92 Å². The zero-order chi connectivity index (χ0) is 20.4. The number of carbonyl (C=O) groups is 3. The second-order valence-electron chi connectivity index (χ2n) is 7.65. The number of ether oxygens (including phenoxy) is 1. The first kappa shape index (κ1) is 22.8. The van der Waals surface area contributed by atoms with Gasteiger partial charge in [0.2, 0.25) is 0 Å². The van der Waals surface area contributed by atoms with Crippen molar-refractivity contribution < 1.29 is 24.2 Å². The van der Waals surface area contributed by atoms with E-state index in [1.165, 1.54) is 0 Å². The highest BCUT2D eigenvalue weighted by Crippen LogP contribution is 2.27. The normalized spacial score (nSPS) is 18.2. The molecule has 0 aliphatic heterocycles. The molecule has 1 aliphatic carbocycles. The van der Waals surface area contributed by atoms with Gasteiger partial charge in [-0.2, -0.15) is 0 Å². The standard InChI is InChI=1S/C18H32N4O5/c1-5-14(21-17(26)27-18(2,3)4)11-20-22-16(25)19-10-12-6-8-13(9-7-12)15(23)24/h10,13-14,20H,5-9,11H2,1-4H3,(H,21,26)(H,23,24)(H2,19,22,25)/t13?,14-/m0/s1. The second-order valence-corrected chi connectivity index (χ2v) is 7.65. The van der Waals surface area contributed by atoms with Gasteiger partial charge in [-0.25, -0.2) is 15.0 Å². The first-order valence-corrected chi connectivity index (χ1v) is 9.30. The number of allylic oxidation sites excluding steroid dienone is 1. The number of nitrogens with one attached hydrogen (secondary N) is 4. The number of carbonyl (C=O) groups excluding carboxylic acids is 2. The number of hydrogen-bond acceptors (Lipinski definition) is 5. The van der Waals surface area contributed by atoms with Crippen LogP contribution in [-0.4, -0.2) is 41.4 Å². The van der Waals surface area contributed by atoms with E-state index in [2.05, 4.69) is 21.5 Å². The smallest absolute Gasteiger partial charge is 0.407 e. The molecular weight excluding hydrogens is 352 g/mol. The zero-order valence-corrected chi connectivity index (χ0v) is 16.6. The van der Waals surface area contributed by atoms with E-state index in [1.54, 1.807) is 27.0 Å². The average molecular weight is 384 g/mol. The molecule has 0 aromatic heterocycles. The van der Waals surface area contributed by atoms with E-state index in [4.69, 9.17) is 9.84 Å². The molecule has 154 valence electrons. The Hall–Kier alpha value is -2.29. The number of hydrazine groups is 1. The van der Waals surface area contributed by atoms with Crippen LogP contribution in [0.15, 0.2) is 11.8 Å². The van der Waals surface area contributed by atoms with Crippen LogP contribution in [0.5, 0.6) is 0 Å². The van der Waals surface area contributed by atoms with Gasteiger partial charge in [-0.3, -0.25) is 10.2 Å². The predicted octanol–water partition coefficient (Wildman–Crippen LogP) is 2.25. The van der Waals surface area contributed by atoms with Gasteiger partial charge in [0.25, 0.3) is 0 Å². The first-order chi connectivity index (χ1) is 12.6.